The molecule has 2 nitrogen and oxygen atoms in total. The van der Waals surface area contributed by atoms with Gasteiger partial charge in [-0.1, -0.05) is 176 Å². The predicted molar refractivity (Wildman–Crippen MR) is 253 cm³/mol. The van der Waals surface area contributed by atoms with E-state index in [1.165, 1.54) is 70.9 Å². The molecule has 0 spiro atoms. The number of fused-ring (bicyclic) bond motifs is 10. The Bertz CT molecular complexity index is 3770. The molecule has 0 aliphatic heterocycles. The fraction of sp³-hybridized carbons (Fsp3) is 0. The van der Waals surface area contributed by atoms with Crippen LogP contribution in [0.3, 0.4) is 0 Å². The van der Waals surface area contributed by atoms with Crippen molar-refractivity contribution in [1.82, 2.24) is 0 Å². The fourth-order valence-electron chi connectivity index (χ4n) is 10.1. The van der Waals surface area contributed by atoms with Gasteiger partial charge in [-0.2, -0.15) is 0 Å². The second kappa shape index (κ2) is 12.8. The summed E-state index contributed by atoms with van der Waals surface area (Å²) in [6.07, 6.45) is 0. The van der Waals surface area contributed by atoms with Gasteiger partial charge in [0.15, 0.2) is 0 Å². The second-order valence-electron chi connectivity index (χ2n) is 15.9. The van der Waals surface area contributed by atoms with Crippen molar-refractivity contribution in [2.45, 2.75) is 0 Å². The topological polar surface area (TPSA) is 26.3 Å². The van der Waals surface area contributed by atoms with Crippen molar-refractivity contribution in [3.05, 3.63) is 206 Å². The summed E-state index contributed by atoms with van der Waals surface area (Å²) in [7, 11) is 0. The van der Waals surface area contributed by atoms with Crippen LogP contribution in [0.5, 0.6) is 0 Å². The molecule has 60 heavy (non-hydrogen) atoms. The third kappa shape index (κ3) is 4.76. The third-order valence-electron chi connectivity index (χ3n) is 12.6. The van der Waals surface area contributed by atoms with Gasteiger partial charge in [0.25, 0.3) is 0 Å². The maximum atomic E-state index is 6.73. The van der Waals surface area contributed by atoms with E-state index in [4.69, 9.17) is 8.83 Å². The average Bonchev–Trinajstić information content (AvgIpc) is 3.88. The zero-order chi connectivity index (χ0) is 39.3. The summed E-state index contributed by atoms with van der Waals surface area (Å²) in [5.41, 5.74) is 13.1. The number of benzene rings is 11. The third-order valence-corrected chi connectivity index (χ3v) is 12.6. The van der Waals surface area contributed by atoms with Crippen LogP contribution in [0.4, 0.5) is 0 Å². The normalized spacial score (nSPS) is 12.0. The average molecular weight is 763 g/mol. The number of hydrogen-bond donors (Lipinski definition) is 0. The molecule has 2 aromatic heterocycles. The molecular weight excluding hydrogens is 729 g/mol. The highest BCUT2D eigenvalue weighted by Crippen LogP contribution is 2.48. The lowest BCUT2D eigenvalue weighted by molar-refractivity contribution is 0.669. The van der Waals surface area contributed by atoms with E-state index in [-0.39, 0.29) is 0 Å². The lowest BCUT2D eigenvalue weighted by Gasteiger charge is -2.18. The van der Waals surface area contributed by atoms with Crippen molar-refractivity contribution >= 4 is 87.0 Å². The fourth-order valence-corrected chi connectivity index (χ4v) is 10.1. The highest BCUT2D eigenvalue weighted by Gasteiger charge is 2.22. The van der Waals surface area contributed by atoms with E-state index in [1.54, 1.807) is 0 Å². The van der Waals surface area contributed by atoms with Gasteiger partial charge < -0.3 is 8.83 Å². The summed E-state index contributed by atoms with van der Waals surface area (Å²) in [5, 5.41) is 14.2. The van der Waals surface area contributed by atoms with Crippen LogP contribution in [0, 0.1) is 0 Å². The van der Waals surface area contributed by atoms with Gasteiger partial charge in [-0.15, -0.1) is 0 Å². The number of rotatable bonds is 4. The van der Waals surface area contributed by atoms with Crippen LogP contribution >= 0.6 is 0 Å². The Morgan fingerprint density at radius 2 is 0.650 bits per heavy atom. The Kier molecular flexibility index (Phi) is 7.05. The molecule has 2 heterocycles. The molecule has 13 aromatic rings. The van der Waals surface area contributed by atoms with E-state index in [9.17, 15) is 0 Å². The van der Waals surface area contributed by atoms with Crippen molar-refractivity contribution in [1.29, 1.82) is 0 Å². The van der Waals surface area contributed by atoms with E-state index in [2.05, 4.69) is 200 Å². The molecule has 0 saturated heterocycles. The first-order valence-corrected chi connectivity index (χ1v) is 20.6. The van der Waals surface area contributed by atoms with E-state index >= 15 is 0 Å². The zero-order valence-corrected chi connectivity index (χ0v) is 32.4. The predicted octanol–water partition coefficient (Wildman–Crippen LogP) is 16.8. The van der Waals surface area contributed by atoms with Crippen molar-refractivity contribution < 1.29 is 8.83 Å². The smallest absolute Gasteiger partial charge is 0.143 e. The standard InChI is InChI=1S/C58H34O2/c1-2-15-35(16-3-1)54-40-18-4-6-20-42(40)56(43-21-7-5-19-41(43)54)37-29-31-39-50-33-36(30-32-52(50)59-53(39)34-37)55-44-22-8-10-24-46(44)57(47-25-11-9-23-45(47)55)49-27-14-26-48-38-17-12-13-28-51(38)60-58(48)49/h1-34H. The summed E-state index contributed by atoms with van der Waals surface area (Å²) in [6.45, 7) is 0. The highest BCUT2D eigenvalue weighted by molar-refractivity contribution is 6.25. The molecule has 11 aromatic carbocycles. The largest absolute Gasteiger partial charge is 0.456 e. The van der Waals surface area contributed by atoms with Gasteiger partial charge in [-0.3, -0.25) is 0 Å². The Hall–Kier alpha value is -7.94. The molecule has 0 bridgehead atoms. The highest BCUT2D eigenvalue weighted by atomic mass is 16.3. The van der Waals surface area contributed by atoms with Crippen LogP contribution in [0.25, 0.3) is 131 Å². The van der Waals surface area contributed by atoms with Gasteiger partial charge in [0.1, 0.15) is 22.3 Å². The first-order valence-electron chi connectivity index (χ1n) is 20.6. The minimum Gasteiger partial charge on any atom is -0.456 e. The molecule has 0 aliphatic carbocycles. The number of hydrogen-bond acceptors (Lipinski definition) is 2. The summed E-state index contributed by atoms with van der Waals surface area (Å²) >= 11 is 0. The van der Waals surface area contributed by atoms with Crippen molar-refractivity contribution in [2.24, 2.45) is 0 Å². The molecule has 0 saturated carbocycles. The van der Waals surface area contributed by atoms with Gasteiger partial charge in [0, 0.05) is 32.7 Å². The quantitative estimate of drug-likeness (QED) is 0.167. The summed E-state index contributed by atoms with van der Waals surface area (Å²) in [5.74, 6) is 0. The molecule has 0 amide bonds. The van der Waals surface area contributed by atoms with Crippen LogP contribution < -0.4 is 0 Å². The van der Waals surface area contributed by atoms with E-state index in [1.807, 2.05) is 6.07 Å². The monoisotopic (exact) mass is 762 g/mol. The van der Waals surface area contributed by atoms with Gasteiger partial charge in [0.05, 0.1) is 0 Å². The Morgan fingerprint density at radius 1 is 0.217 bits per heavy atom. The molecular formula is C58H34O2. The molecule has 0 fully saturated rings. The summed E-state index contributed by atoms with van der Waals surface area (Å²) in [4.78, 5) is 0. The van der Waals surface area contributed by atoms with Crippen LogP contribution in [0.2, 0.25) is 0 Å². The zero-order valence-electron chi connectivity index (χ0n) is 32.4. The van der Waals surface area contributed by atoms with E-state index in [0.29, 0.717) is 0 Å². The summed E-state index contributed by atoms with van der Waals surface area (Å²) in [6, 6.07) is 74.4. The van der Waals surface area contributed by atoms with Crippen molar-refractivity contribution in [2.75, 3.05) is 0 Å². The van der Waals surface area contributed by atoms with Gasteiger partial charge in [-0.05, 0) is 107 Å². The molecule has 0 unspecified atom stereocenters. The molecule has 13 rings (SSSR count). The van der Waals surface area contributed by atoms with Crippen molar-refractivity contribution in [3.63, 3.8) is 0 Å². The molecule has 2 heteroatoms. The van der Waals surface area contributed by atoms with Crippen molar-refractivity contribution in [3.8, 4) is 44.5 Å². The minimum atomic E-state index is 0.877. The van der Waals surface area contributed by atoms with Crippen LogP contribution in [-0.4, -0.2) is 0 Å². The molecule has 0 radical (unpaired) electrons. The molecule has 0 aliphatic rings. The molecule has 0 N–H and O–H groups in total. The molecule has 0 atom stereocenters. The van der Waals surface area contributed by atoms with Crippen LogP contribution in [0.15, 0.2) is 215 Å². The van der Waals surface area contributed by atoms with Gasteiger partial charge in [-0.25, -0.2) is 0 Å². The van der Waals surface area contributed by atoms with E-state index in [0.717, 1.165) is 60.6 Å². The lowest BCUT2D eigenvalue weighted by atomic mass is 9.85. The lowest BCUT2D eigenvalue weighted by Crippen LogP contribution is -1.91. The van der Waals surface area contributed by atoms with Gasteiger partial charge >= 0.3 is 0 Å². The first kappa shape index (κ1) is 33.1. The van der Waals surface area contributed by atoms with Crippen LogP contribution in [-0.2, 0) is 0 Å². The Balaban J connectivity index is 1.01. The molecule has 278 valence electrons. The Labute approximate surface area is 345 Å². The van der Waals surface area contributed by atoms with E-state index < -0.39 is 0 Å². The van der Waals surface area contributed by atoms with Crippen LogP contribution in [0.1, 0.15) is 0 Å². The minimum absolute atomic E-state index is 0.877. The number of furan rings is 2. The summed E-state index contributed by atoms with van der Waals surface area (Å²) < 4.78 is 13.4. The first-order chi connectivity index (χ1) is 29.8. The second-order valence-corrected chi connectivity index (χ2v) is 15.9. The number of para-hydroxylation sites is 2. The maximum absolute atomic E-state index is 6.73. The SMILES string of the molecule is c1ccc(-c2c3ccccc3c(-c3ccc4c(c3)oc3ccc(-c5c6ccccc6c(-c6cccc7c6oc6ccccc67)c6ccccc56)cc34)c3ccccc23)cc1. The Morgan fingerprint density at radius 3 is 1.25 bits per heavy atom. The van der Waals surface area contributed by atoms with Gasteiger partial charge in [0.2, 0.25) is 0 Å². The maximum Gasteiger partial charge on any atom is 0.143 e.